The zero-order valence-electron chi connectivity index (χ0n) is 11.0. The summed E-state index contributed by atoms with van der Waals surface area (Å²) in [6.45, 7) is 8.36. The monoisotopic (exact) mass is 311 g/mol. The summed E-state index contributed by atoms with van der Waals surface area (Å²) in [5, 5.41) is 3.63. The second-order valence-corrected chi connectivity index (χ2v) is 10.1. The molecule has 0 amide bonds. The molecule has 1 N–H and O–H groups in total. The van der Waals surface area contributed by atoms with Gasteiger partial charge in [-0.3, -0.25) is 0 Å². The Balaban J connectivity index is 2.28. The zero-order chi connectivity index (χ0) is 12.4. The minimum atomic E-state index is -0.584. The number of rotatable bonds is 3. The molecule has 0 saturated heterocycles. The van der Waals surface area contributed by atoms with Gasteiger partial charge in [-0.2, -0.15) is 0 Å². The lowest BCUT2D eigenvalue weighted by molar-refractivity contribution is 0.662. The van der Waals surface area contributed by atoms with Gasteiger partial charge in [0, 0.05) is 25.5 Å². The average Bonchev–Trinajstić information content (AvgIpc) is 2.34. The molecule has 0 aliphatic carbocycles. The van der Waals surface area contributed by atoms with Gasteiger partial charge in [0.05, 0.1) is 0 Å². The van der Waals surface area contributed by atoms with Crippen LogP contribution in [0.3, 0.4) is 0 Å². The molecule has 1 aliphatic heterocycles. The van der Waals surface area contributed by atoms with Gasteiger partial charge < -0.3 is 5.32 Å². The van der Waals surface area contributed by atoms with Gasteiger partial charge in [0.1, 0.15) is 0 Å². The molecular formula is C14H22BrNSi. The summed E-state index contributed by atoms with van der Waals surface area (Å²) in [7, 11) is -0.584. The lowest BCUT2D eigenvalue weighted by atomic mass is 9.92. The fourth-order valence-corrected chi connectivity index (χ4v) is 6.82. The highest BCUT2D eigenvalue weighted by molar-refractivity contribution is 9.10. The minimum Gasteiger partial charge on any atom is -0.385 e. The van der Waals surface area contributed by atoms with E-state index in [1.165, 1.54) is 34.4 Å². The van der Waals surface area contributed by atoms with Crippen LogP contribution >= 0.6 is 15.9 Å². The predicted octanol–water partition coefficient (Wildman–Crippen LogP) is 4.62. The lowest BCUT2D eigenvalue weighted by Gasteiger charge is -2.36. The highest BCUT2D eigenvalue weighted by Gasteiger charge is 2.31. The van der Waals surface area contributed by atoms with E-state index in [-0.39, 0.29) is 0 Å². The average molecular weight is 312 g/mol. The van der Waals surface area contributed by atoms with E-state index in [1.807, 2.05) is 0 Å². The first-order valence-electron chi connectivity index (χ1n) is 6.70. The van der Waals surface area contributed by atoms with E-state index in [1.54, 1.807) is 0 Å². The van der Waals surface area contributed by atoms with Crippen molar-refractivity contribution in [3.63, 3.8) is 0 Å². The van der Waals surface area contributed by atoms with Crippen LogP contribution in [0.5, 0.6) is 0 Å². The van der Waals surface area contributed by atoms with Crippen LogP contribution in [0.1, 0.15) is 32.3 Å². The van der Waals surface area contributed by atoms with Crippen LogP contribution in [0, 0.1) is 0 Å². The van der Waals surface area contributed by atoms with Gasteiger partial charge in [0.2, 0.25) is 0 Å². The summed E-state index contributed by atoms with van der Waals surface area (Å²) in [6, 6.07) is 9.50. The van der Waals surface area contributed by atoms with Crippen LogP contribution in [-0.2, 0) is 0 Å². The fraction of sp³-hybridized carbons (Fsp3) is 0.571. The Bertz CT molecular complexity index is 390. The van der Waals surface area contributed by atoms with Gasteiger partial charge in [-0.15, -0.1) is 0 Å². The van der Waals surface area contributed by atoms with Gasteiger partial charge in [-0.05, 0) is 35.2 Å². The Morgan fingerprint density at radius 3 is 2.71 bits per heavy atom. The van der Waals surface area contributed by atoms with Crippen molar-refractivity contribution < 1.29 is 0 Å². The van der Waals surface area contributed by atoms with Crippen molar-refractivity contribution >= 4 is 30.4 Å². The van der Waals surface area contributed by atoms with Crippen molar-refractivity contribution in [2.45, 2.75) is 44.3 Å². The molecule has 2 rings (SSSR count). The first kappa shape index (κ1) is 13.2. The number of benzene rings is 1. The Kier molecular flexibility index (Phi) is 4.31. The van der Waals surface area contributed by atoms with Gasteiger partial charge >= 0.3 is 0 Å². The van der Waals surface area contributed by atoms with E-state index in [0.29, 0.717) is 0 Å². The second kappa shape index (κ2) is 5.57. The molecule has 17 heavy (non-hydrogen) atoms. The molecule has 0 unspecified atom stereocenters. The molecule has 2 atom stereocenters. The van der Waals surface area contributed by atoms with Gasteiger partial charge in [-0.25, -0.2) is 0 Å². The third kappa shape index (κ3) is 2.60. The van der Waals surface area contributed by atoms with E-state index in [4.69, 9.17) is 0 Å². The first-order chi connectivity index (χ1) is 8.17. The number of anilines is 1. The standard InChI is InChI=1S/C14H22BrNSi/c1-4-17(5-2)14-9-16-13-7-6-11(15)8-12(13)10(14)3/h6-8,10,14,16-17H,4-5,9H2,1-3H3/t10-,14+/m1/s1. The zero-order valence-corrected chi connectivity index (χ0v) is 13.7. The Hall–Kier alpha value is -0.283. The number of halogens is 1. The Labute approximate surface area is 115 Å². The lowest BCUT2D eigenvalue weighted by Crippen LogP contribution is -2.32. The molecule has 0 aromatic heterocycles. The van der Waals surface area contributed by atoms with Crippen molar-refractivity contribution in [2.75, 3.05) is 11.9 Å². The molecule has 1 heterocycles. The van der Waals surface area contributed by atoms with Crippen molar-refractivity contribution in [1.29, 1.82) is 0 Å². The molecule has 0 spiro atoms. The van der Waals surface area contributed by atoms with Crippen molar-refractivity contribution in [1.82, 2.24) is 0 Å². The summed E-state index contributed by atoms with van der Waals surface area (Å²) in [5.41, 5.74) is 3.76. The largest absolute Gasteiger partial charge is 0.385 e. The van der Waals surface area contributed by atoms with E-state index in [2.05, 4.69) is 60.2 Å². The molecule has 1 aromatic carbocycles. The second-order valence-electron chi connectivity index (χ2n) is 5.14. The summed E-state index contributed by atoms with van der Waals surface area (Å²) in [6.07, 6.45) is 0. The van der Waals surface area contributed by atoms with Gasteiger partial charge in [0.25, 0.3) is 0 Å². The van der Waals surface area contributed by atoms with E-state index < -0.39 is 8.80 Å². The smallest absolute Gasteiger partial charge is 0.0422 e. The van der Waals surface area contributed by atoms with E-state index in [0.717, 1.165) is 11.5 Å². The van der Waals surface area contributed by atoms with Crippen molar-refractivity contribution in [3.05, 3.63) is 28.2 Å². The van der Waals surface area contributed by atoms with Crippen LogP contribution in [0.15, 0.2) is 22.7 Å². The molecular weight excluding hydrogens is 290 g/mol. The number of hydrogen-bond donors (Lipinski definition) is 1. The molecule has 1 aliphatic rings. The molecule has 94 valence electrons. The predicted molar refractivity (Wildman–Crippen MR) is 82.9 cm³/mol. The number of nitrogens with one attached hydrogen (secondary N) is 1. The van der Waals surface area contributed by atoms with Crippen LogP contribution in [0.25, 0.3) is 0 Å². The van der Waals surface area contributed by atoms with E-state index >= 15 is 0 Å². The summed E-state index contributed by atoms with van der Waals surface area (Å²) < 4.78 is 1.21. The maximum Gasteiger partial charge on any atom is 0.0422 e. The number of fused-ring (bicyclic) bond motifs is 1. The Morgan fingerprint density at radius 1 is 1.35 bits per heavy atom. The van der Waals surface area contributed by atoms with Gasteiger partial charge in [0.15, 0.2) is 0 Å². The summed E-state index contributed by atoms with van der Waals surface area (Å²) in [4.78, 5) is 0. The molecule has 0 radical (unpaired) electrons. The topological polar surface area (TPSA) is 12.0 Å². The van der Waals surface area contributed by atoms with Crippen LogP contribution in [0.2, 0.25) is 17.6 Å². The first-order valence-corrected chi connectivity index (χ1v) is 9.79. The third-order valence-electron chi connectivity index (χ3n) is 4.33. The quantitative estimate of drug-likeness (QED) is 0.803. The molecule has 0 saturated carbocycles. The molecule has 3 heteroatoms. The number of hydrogen-bond acceptors (Lipinski definition) is 1. The molecule has 0 fully saturated rings. The maximum atomic E-state index is 3.63. The van der Waals surface area contributed by atoms with E-state index in [9.17, 15) is 0 Å². The SMILES string of the molecule is CC[SiH](CC)[C@H]1CNc2ccc(Br)cc2[C@H]1C. The van der Waals surface area contributed by atoms with Crippen molar-refractivity contribution in [3.8, 4) is 0 Å². The van der Waals surface area contributed by atoms with Gasteiger partial charge in [-0.1, -0.05) is 48.8 Å². The summed E-state index contributed by atoms with van der Waals surface area (Å²) >= 11 is 3.59. The van der Waals surface area contributed by atoms with Crippen molar-refractivity contribution in [2.24, 2.45) is 0 Å². The normalized spacial score (nSPS) is 23.4. The van der Waals surface area contributed by atoms with Crippen LogP contribution in [-0.4, -0.2) is 15.3 Å². The maximum absolute atomic E-state index is 3.63. The highest BCUT2D eigenvalue weighted by atomic mass is 79.9. The highest BCUT2D eigenvalue weighted by Crippen LogP contribution is 2.42. The third-order valence-corrected chi connectivity index (χ3v) is 8.94. The minimum absolute atomic E-state index is 0.584. The molecule has 1 nitrogen and oxygen atoms in total. The van der Waals surface area contributed by atoms with Crippen LogP contribution in [0.4, 0.5) is 5.69 Å². The molecule has 1 aromatic rings. The van der Waals surface area contributed by atoms with Crippen LogP contribution < -0.4 is 5.32 Å². The summed E-state index contributed by atoms with van der Waals surface area (Å²) in [5.74, 6) is 0.723. The fourth-order valence-electron chi connectivity index (χ4n) is 3.18. The molecule has 0 bridgehead atoms. The Morgan fingerprint density at radius 2 is 2.06 bits per heavy atom.